The molecule has 0 saturated heterocycles. The number of nitrogens with zero attached hydrogens (tertiary/aromatic N) is 2. The van der Waals surface area contributed by atoms with E-state index >= 15 is 0 Å². The van der Waals surface area contributed by atoms with E-state index in [0.717, 1.165) is 11.1 Å². The van der Waals surface area contributed by atoms with E-state index in [1.165, 1.54) is 11.8 Å². The smallest absolute Gasteiger partial charge is 0.342 e. The Bertz CT molecular complexity index is 780. The van der Waals surface area contributed by atoms with Crippen LogP contribution in [0.2, 0.25) is 0 Å². The zero-order valence-corrected chi connectivity index (χ0v) is 14.0. The van der Waals surface area contributed by atoms with Crippen molar-refractivity contribution in [2.24, 2.45) is 0 Å². The molecule has 0 aliphatic rings. The van der Waals surface area contributed by atoms with Gasteiger partial charge in [-0.15, -0.1) is 11.8 Å². The number of aromatic nitrogens is 1. The molecule has 0 aliphatic heterocycles. The predicted octanol–water partition coefficient (Wildman–Crippen LogP) is 3.41. The number of carbonyl (C=O) groups excluding carboxylic acids is 1. The monoisotopic (exact) mass is 327 g/mol. The molecule has 1 aromatic heterocycles. The molecule has 23 heavy (non-hydrogen) atoms. The van der Waals surface area contributed by atoms with E-state index in [1.54, 1.807) is 6.92 Å². The Hall–Kier alpha value is -2.52. The van der Waals surface area contributed by atoms with Gasteiger partial charge in [-0.25, -0.2) is 9.78 Å². The molecular weight excluding hydrogens is 310 g/mol. The first-order valence-corrected chi connectivity index (χ1v) is 8.27. The fourth-order valence-corrected chi connectivity index (χ4v) is 2.71. The summed E-state index contributed by atoms with van der Waals surface area (Å²) < 4.78 is 5.09. The second-order valence-corrected chi connectivity index (χ2v) is 5.63. The zero-order valence-electron chi connectivity index (χ0n) is 13.2. The Balaban J connectivity index is 2.77. The lowest BCUT2D eigenvalue weighted by molar-refractivity contribution is 0.0528. The summed E-state index contributed by atoms with van der Waals surface area (Å²) in [6.07, 6.45) is 1.81. The van der Waals surface area contributed by atoms with Crippen LogP contribution in [0.1, 0.15) is 28.4 Å². The van der Waals surface area contributed by atoms with Crippen molar-refractivity contribution in [2.75, 3.05) is 18.6 Å². The summed E-state index contributed by atoms with van der Waals surface area (Å²) in [5, 5.41) is 9.82. The number of ether oxygens (including phenoxy) is 1. The molecule has 1 aromatic carbocycles. The van der Waals surface area contributed by atoms with Crippen molar-refractivity contribution in [2.45, 2.75) is 18.9 Å². The summed E-state index contributed by atoms with van der Waals surface area (Å²) in [7, 11) is 0. The van der Waals surface area contributed by atoms with Crippen LogP contribution < -0.4 is 5.73 Å². The molecule has 0 atom stereocenters. The fraction of sp³-hybridized carbons (Fsp3) is 0.235. The van der Waals surface area contributed by atoms with Crippen molar-refractivity contribution in [1.29, 1.82) is 5.26 Å². The number of nitrogen functional groups attached to an aromatic ring is 1. The minimum absolute atomic E-state index is 0.112. The maximum absolute atomic E-state index is 12.3. The van der Waals surface area contributed by atoms with Crippen molar-refractivity contribution in [3.8, 4) is 17.3 Å². The Morgan fingerprint density at radius 2 is 2.04 bits per heavy atom. The van der Waals surface area contributed by atoms with Gasteiger partial charge < -0.3 is 10.5 Å². The fourth-order valence-electron chi connectivity index (χ4n) is 2.17. The molecule has 6 heteroatoms. The lowest BCUT2D eigenvalue weighted by Gasteiger charge is -2.14. The molecule has 0 aliphatic carbocycles. The molecule has 1 heterocycles. The minimum atomic E-state index is -0.572. The lowest BCUT2D eigenvalue weighted by Crippen LogP contribution is -2.13. The normalized spacial score (nSPS) is 10.2. The van der Waals surface area contributed by atoms with Crippen LogP contribution in [-0.4, -0.2) is 23.8 Å². The van der Waals surface area contributed by atoms with Gasteiger partial charge in [0.1, 0.15) is 22.2 Å². The molecule has 0 spiro atoms. The third-order valence-corrected chi connectivity index (χ3v) is 3.99. The predicted molar refractivity (Wildman–Crippen MR) is 91.3 cm³/mol. The van der Waals surface area contributed by atoms with Crippen LogP contribution >= 0.6 is 11.8 Å². The van der Waals surface area contributed by atoms with Crippen LogP contribution in [0.3, 0.4) is 0 Å². The molecule has 5 nitrogen and oxygen atoms in total. The molecule has 118 valence electrons. The van der Waals surface area contributed by atoms with Crippen molar-refractivity contribution < 1.29 is 9.53 Å². The standard InChI is InChI=1S/C17H17N3O2S/c1-4-22-17(21)13-14(19)12(9-18)16(23-3)20-15(13)11-7-5-10(2)6-8-11/h5-8H,4H2,1-3H3,(H2,19,20). The average Bonchev–Trinajstić information content (AvgIpc) is 2.54. The second kappa shape index (κ2) is 7.16. The number of carbonyl (C=O) groups is 1. The summed E-state index contributed by atoms with van der Waals surface area (Å²) in [6.45, 7) is 3.91. The Labute approximate surface area is 139 Å². The van der Waals surface area contributed by atoms with Gasteiger partial charge in [0.15, 0.2) is 0 Å². The maximum Gasteiger partial charge on any atom is 0.342 e. The number of pyridine rings is 1. The third-order valence-electron chi connectivity index (χ3n) is 3.31. The number of aryl methyl sites for hydroxylation is 1. The van der Waals surface area contributed by atoms with Gasteiger partial charge >= 0.3 is 5.97 Å². The van der Waals surface area contributed by atoms with Gasteiger partial charge in [-0.2, -0.15) is 5.26 Å². The van der Waals surface area contributed by atoms with Crippen LogP contribution in [0.15, 0.2) is 29.3 Å². The summed E-state index contributed by atoms with van der Waals surface area (Å²) in [6, 6.07) is 9.63. The van der Waals surface area contributed by atoms with Gasteiger partial charge in [0.25, 0.3) is 0 Å². The summed E-state index contributed by atoms with van der Waals surface area (Å²) >= 11 is 1.31. The molecule has 2 N–H and O–H groups in total. The van der Waals surface area contributed by atoms with E-state index in [2.05, 4.69) is 4.98 Å². The van der Waals surface area contributed by atoms with E-state index in [9.17, 15) is 10.1 Å². The highest BCUT2D eigenvalue weighted by molar-refractivity contribution is 7.98. The first-order valence-electron chi connectivity index (χ1n) is 7.05. The Kier molecular flexibility index (Phi) is 5.24. The number of esters is 1. The maximum atomic E-state index is 12.3. The van der Waals surface area contributed by atoms with Crippen LogP contribution in [0.5, 0.6) is 0 Å². The molecule has 0 radical (unpaired) electrons. The highest BCUT2D eigenvalue weighted by Crippen LogP contribution is 2.34. The first-order chi connectivity index (χ1) is 11.0. The van der Waals surface area contributed by atoms with Gasteiger partial charge in [0.05, 0.1) is 18.0 Å². The number of thioether (sulfide) groups is 1. The average molecular weight is 327 g/mol. The highest BCUT2D eigenvalue weighted by atomic mass is 32.2. The van der Waals surface area contributed by atoms with Gasteiger partial charge in [0, 0.05) is 5.56 Å². The quantitative estimate of drug-likeness (QED) is 0.684. The van der Waals surface area contributed by atoms with E-state index < -0.39 is 5.97 Å². The lowest BCUT2D eigenvalue weighted by atomic mass is 10.0. The summed E-state index contributed by atoms with van der Waals surface area (Å²) in [4.78, 5) is 16.8. The second-order valence-electron chi connectivity index (χ2n) is 4.83. The van der Waals surface area contributed by atoms with Crippen molar-refractivity contribution in [1.82, 2.24) is 4.98 Å². The molecule has 2 rings (SSSR count). The molecule has 0 saturated carbocycles. The van der Waals surface area contributed by atoms with Gasteiger partial charge in [-0.3, -0.25) is 0 Å². The van der Waals surface area contributed by atoms with E-state index in [0.29, 0.717) is 10.7 Å². The van der Waals surface area contributed by atoms with Gasteiger partial charge in [-0.05, 0) is 20.1 Å². The topological polar surface area (TPSA) is 89.0 Å². The molecule has 0 bridgehead atoms. The van der Waals surface area contributed by atoms with E-state index in [1.807, 2.05) is 43.5 Å². The molecular formula is C17H17N3O2S. The first kappa shape index (κ1) is 16.8. The van der Waals surface area contributed by atoms with Crippen molar-refractivity contribution in [3.63, 3.8) is 0 Å². The number of hydrogen-bond acceptors (Lipinski definition) is 6. The summed E-state index contributed by atoms with van der Waals surface area (Å²) in [5.41, 5.74) is 8.84. The number of anilines is 1. The molecule has 2 aromatic rings. The largest absolute Gasteiger partial charge is 0.462 e. The van der Waals surface area contributed by atoms with Crippen molar-refractivity contribution >= 4 is 23.4 Å². The SMILES string of the molecule is CCOC(=O)c1c(-c2ccc(C)cc2)nc(SC)c(C#N)c1N. The van der Waals surface area contributed by atoms with Crippen LogP contribution in [0.25, 0.3) is 11.3 Å². The number of nitriles is 1. The van der Waals surface area contributed by atoms with E-state index in [4.69, 9.17) is 10.5 Å². The molecule has 0 fully saturated rings. The van der Waals surface area contributed by atoms with Crippen LogP contribution in [0, 0.1) is 18.3 Å². The van der Waals surface area contributed by atoms with Crippen LogP contribution in [-0.2, 0) is 4.74 Å². The van der Waals surface area contributed by atoms with E-state index in [-0.39, 0.29) is 23.4 Å². The van der Waals surface area contributed by atoms with Crippen molar-refractivity contribution in [3.05, 3.63) is 41.0 Å². The Morgan fingerprint density at radius 1 is 1.39 bits per heavy atom. The summed E-state index contributed by atoms with van der Waals surface area (Å²) in [5.74, 6) is -0.572. The number of hydrogen-bond donors (Lipinski definition) is 1. The minimum Gasteiger partial charge on any atom is -0.462 e. The highest BCUT2D eigenvalue weighted by Gasteiger charge is 2.24. The molecule has 0 unspecified atom stereocenters. The third kappa shape index (κ3) is 3.30. The van der Waals surface area contributed by atoms with Gasteiger partial charge in [0.2, 0.25) is 0 Å². The number of rotatable bonds is 4. The van der Waals surface area contributed by atoms with Crippen LogP contribution in [0.4, 0.5) is 5.69 Å². The number of benzene rings is 1. The number of nitrogens with two attached hydrogens (primary N) is 1. The molecule has 0 amide bonds. The Morgan fingerprint density at radius 3 is 2.57 bits per heavy atom. The van der Waals surface area contributed by atoms with Gasteiger partial charge in [-0.1, -0.05) is 29.8 Å². The zero-order chi connectivity index (χ0) is 17.0.